The summed E-state index contributed by atoms with van der Waals surface area (Å²) < 4.78 is 1.98. The van der Waals surface area contributed by atoms with Crippen LogP contribution >= 0.6 is 11.3 Å². The summed E-state index contributed by atoms with van der Waals surface area (Å²) in [5, 5.41) is 4.73. The molecule has 0 fully saturated rings. The Kier molecular flexibility index (Phi) is 4.54. The van der Waals surface area contributed by atoms with Gasteiger partial charge in [-0.3, -0.25) is 14.2 Å². The number of amides is 1. The Hall–Kier alpha value is -1.69. The molecule has 2 aromatic rings. The van der Waals surface area contributed by atoms with E-state index < -0.39 is 0 Å². The lowest BCUT2D eigenvalue weighted by molar-refractivity contribution is -0.121. The molecule has 0 unspecified atom stereocenters. The van der Waals surface area contributed by atoms with Gasteiger partial charge in [0.05, 0.1) is 11.8 Å². The number of aryl methyl sites for hydroxylation is 1. The molecule has 0 aromatic carbocycles. The standard InChI is InChI=1S/C14H19N3O2S/c1-9(2)4-5-15-11(18)6-17-8-16-12-10(3)7-20-13(12)14(17)19/h7-9H,4-6H2,1-3H3,(H,15,18). The Morgan fingerprint density at radius 2 is 2.25 bits per heavy atom. The van der Waals surface area contributed by atoms with Crippen LogP contribution in [-0.4, -0.2) is 22.0 Å². The van der Waals surface area contributed by atoms with E-state index >= 15 is 0 Å². The molecule has 0 saturated heterocycles. The van der Waals surface area contributed by atoms with Crippen molar-refractivity contribution >= 4 is 27.5 Å². The van der Waals surface area contributed by atoms with Gasteiger partial charge in [0, 0.05) is 6.54 Å². The second kappa shape index (κ2) is 6.17. The van der Waals surface area contributed by atoms with E-state index in [0.717, 1.165) is 17.5 Å². The van der Waals surface area contributed by atoms with Gasteiger partial charge in [0.15, 0.2) is 0 Å². The highest BCUT2D eigenvalue weighted by Crippen LogP contribution is 2.19. The number of nitrogens with zero attached hydrogens (tertiary/aromatic N) is 2. The highest BCUT2D eigenvalue weighted by atomic mass is 32.1. The average Bonchev–Trinajstić information content (AvgIpc) is 2.75. The van der Waals surface area contributed by atoms with Gasteiger partial charge < -0.3 is 5.32 Å². The number of hydrogen-bond donors (Lipinski definition) is 1. The van der Waals surface area contributed by atoms with E-state index in [-0.39, 0.29) is 18.0 Å². The first kappa shape index (κ1) is 14.7. The summed E-state index contributed by atoms with van der Waals surface area (Å²) in [5.74, 6) is 0.396. The molecule has 1 N–H and O–H groups in total. The van der Waals surface area contributed by atoms with Crippen LogP contribution in [0.3, 0.4) is 0 Å². The van der Waals surface area contributed by atoms with Crippen LogP contribution in [0.25, 0.3) is 10.2 Å². The molecule has 0 radical (unpaired) electrons. The van der Waals surface area contributed by atoms with Gasteiger partial charge in [-0.15, -0.1) is 11.3 Å². The molecule has 5 nitrogen and oxygen atoms in total. The Balaban J connectivity index is 2.08. The van der Waals surface area contributed by atoms with E-state index in [1.54, 1.807) is 0 Å². The predicted octanol–water partition coefficient (Wildman–Crippen LogP) is 1.93. The molecule has 0 saturated carbocycles. The van der Waals surface area contributed by atoms with Crippen LogP contribution in [0.5, 0.6) is 0 Å². The van der Waals surface area contributed by atoms with Gasteiger partial charge in [-0.25, -0.2) is 4.98 Å². The number of aromatic nitrogens is 2. The highest BCUT2D eigenvalue weighted by molar-refractivity contribution is 7.17. The molecule has 0 aliphatic rings. The van der Waals surface area contributed by atoms with Crippen molar-refractivity contribution in [1.29, 1.82) is 0 Å². The molecule has 2 heterocycles. The number of rotatable bonds is 5. The summed E-state index contributed by atoms with van der Waals surface area (Å²) in [6.07, 6.45) is 2.38. The number of fused-ring (bicyclic) bond motifs is 1. The zero-order valence-electron chi connectivity index (χ0n) is 12.0. The van der Waals surface area contributed by atoms with E-state index in [1.165, 1.54) is 22.2 Å². The quantitative estimate of drug-likeness (QED) is 0.916. The summed E-state index contributed by atoms with van der Waals surface area (Å²) >= 11 is 1.38. The van der Waals surface area contributed by atoms with Crippen LogP contribution < -0.4 is 10.9 Å². The molecule has 0 aliphatic carbocycles. The van der Waals surface area contributed by atoms with Crippen LogP contribution in [0.2, 0.25) is 0 Å². The summed E-state index contributed by atoms with van der Waals surface area (Å²) in [7, 11) is 0. The maximum atomic E-state index is 12.2. The second-order valence-corrected chi connectivity index (χ2v) is 6.19. The average molecular weight is 293 g/mol. The molecule has 6 heteroatoms. The minimum atomic E-state index is -0.151. The van der Waals surface area contributed by atoms with Crippen molar-refractivity contribution in [2.45, 2.75) is 33.7 Å². The first-order valence-corrected chi connectivity index (χ1v) is 7.57. The molecule has 0 aliphatic heterocycles. The molecular weight excluding hydrogens is 274 g/mol. The SMILES string of the molecule is Cc1csc2c(=O)n(CC(=O)NCCC(C)C)cnc12. The fraction of sp³-hybridized carbons (Fsp3) is 0.500. The van der Waals surface area contributed by atoms with Crippen molar-refractivity contribution in [1.82, 2.24) is 14.9 Å². The molecule has 0 spiro atoms. The van der Waals surface area contributed by atoms with Crippen LogP contribution in [-0.2, 0) is 11.3 Å². The smallest absolute Gasteiger partial charge is 0.271 e. The molecule has 2 rings (SSSR count). The third kappa shape index (κ3) is 3.25. The monoisotopic (exact) mass is 293 g/mol. The van der Waals surface area contributed by atoms with E-state index in [4.69, 9.17) is 0 Å². The molecule has 0 bridgehead atoms. The molecule has 108 valence electrons. The van der Waals surface area contributed by atoms with Gasteiger partial charge in [0.2, 0.25) is 5.91 Å². The minimum Gasteiger partial charge on any atom is -0.355 e. The minimum absolute atomic E-state index is 0.0246. The van der Waals surface area contributed by atoms with Crippen LogP contribution in [0.15, 0.2) is 16.5 Å². The van der Waals surface area contributed by atoms with E-state index in [2.05, 4.69) is 24.1 Å². The van der Waals surface area contributed by atoms with Gasteiger partial charge in [0.1, 0.15) is 11.2 Å². The lowest BCUT2D eigenvalue weighted by atomic mass is 10.1. The molecule has 0 atom stereocenters. The van der Waals surface area contributed by atoms with E-state index in [9.17, 15) is 9.59 Å². The summed E-state index contributed by atoms with van der Waals surface area (Å²) in [5.41, 5.74) is 1.58. The summed E-state index contributed by atoms with van der Waals surface area (Å²) in [4.78, 5) is 28.3. The van der Waals surface area contributed by atoms with Gasteiger partial charge in [-0.1, -0.05) is 13.8 Å². The van der Waals surface area contributed by atoms with Crippen LogP contribution in [0.4, 0.5) is 0 Å². The van der Waals surface area contributed by atoms with Crippen molar-refractivity contribution in [3.05, 3.63) is 27.6 Å². The second-order valence-electron chi connectivity index (χ2n) is 5.31. The highest BCUT2D eigenvalue weighted by Gasteiger charge is 2.10. The first-order chi connectivity index (χ1) is 9.49. The number of nitrogens with one attached hydrogen (secondary N) is 1. The van der Waals surface area contributed by atoms with Gasteiger partial charge >= 0.3 is 0 Å². The maximum absolute atomic E-state index is 12.2. The van der Waals surface area contributed by atoms with E-state index in [0.29, 0.717) is 17.2 Å². The topological polar surface area (TPSA) is 64.0 Å². The zero-order chi connectivity index (χ0) is 14.7. The van der Waals surface area contributed by atoms with Gasteiger partial charge in [-0.05, 0) is 30.2 Å². The molecule has 20 heavy (non-hydrogen) atoms. The van der Waals surface area contributed by atoms with Crippen molar-refractivity contribution in [2.75, 3.05) is 6.54 Å². The van der Waals surface area contributed by atoms with Crippen LogP contribution in [0.1, 0.15) is 25.8 Å². The molecule has 2 aromatic heterocycles. The summed E-state index contributed by atoms with van der Waals surface area (Å²) in [6.45, 7) is 6.80. The van der Waals surface area contributed by atoms with Crippen molar-refractivity contribution in [3.63, 3.8) is 0 Å². The third-order valence-corrected chi connectivity index (χ3v) is 4.16. The fourth-order valence-corrected chi connectivity index (χ4v) is 2.83. The first-order valence-electron chi connectivity index (χ1n) is 6.69. The third-order valence-electron chi connectivity index (χ3n) is 3.08. The normalized spacial score (nSPS) is 11.2. The Morgan fingerprint density at radius 3 is 2.95 bits per heavy atom. The van der Waals surface area contributed by atoms with Crippen molar-refractivity contribution < 1.29 is 4.79 Å². The maximum Gasteiger partial charge on any atom is 0.271 e. The molecular formula is C14H19N3O2S. The lowest BCUT2D eigenvalue weighted by Crippen LogP contribution is -2.33. The van der Waals surface area contributed by atoms with Gasteiger partial charge in [0.25, 0.3) is 5.56 Å². The number of carbonyl (C=O) groups excluding carboxylic acids is 1. The molecule has 1 amide bonds. The van der Waals surface area contributed by atoms with E-state index in [1.807, 2.05) is 12.3 Å². The van der Waals surface area contributed by atoms with Crippen molar-refractivity contribution in [2.24, 2.45) is 5.92 Å². The van der Waals surface area contributed by atoms with Crippen LogP contribution in [0, 0.1) is 12.8 Å². The number of thiophene rings is 1. The summed E-state index contributed by atoms with van der Waals surface area (Å²) in [6, 6.07) is 0. The lowest BCUT2D eigenvalue weighted by Gasteiger charge is -2.08. The predicted molar refractivity (Wildman–Crippen MR) is 81.1 cm³/mol. The Morgan fingerprint density at radius 1 is 1.50 bits per heavy atom. The van der Waals surface area contributed by atoms with Gasteiger partial charge in [-0.2, -0.15) is 0 Å². The van der Waals surface area contributed by atoms with Crippen molar-refractivity contribution in [3.8, 4) is 0 Å². The fourth-order valence-electron chi connectivity index (χ4n) is 1.88. The Labute approximate surface area is 121 Å². The largest absolute Gasteiger partial charge is 0.355 e. The number of hydrogen-bond acceptors (Lipinski definition) is 4. The number of carbonyl (C=O) groups is 1. The zero-order valence-corrected chi connectivity index (χ0v) is 12.8. The Bertz CT molecular complexity index is 673.